The average Bonchev–Trinajstić information content (AvgIpc) is 2.79. The summed E-state index contributed by atoms with van der Waals surface area (Å²) in [5, 5.41) is 22.3. The summed E-state index contributed by atoms with van der Waals surface area (Å²) in [6.45, 7) is 8.82. The summed E-state index contributed by atoms with van der Waals surface area (Å²) in [5.74, 6) is -1.38. The number of carbonyl (C=O) groups excluding carboxylic acids is 2. The van der Waals surface area contributed by atoms with Crippen LogP contribution in [0.4, 0.5) is 4.39 Å². The number of Topliss-reactive ketones (excluding diaryl/α,β-unsaturated/α-hetero) is 1. The van der Waals surface area contributed by atoms with E-state index in [1.165, 1.54) is 19.1 Å². The number of fused-ring (bicyclic) bond motifs is 5. The zero-order valence-corrected chi connectivity index (χ0v) is 16.1. The van der Waals surface area contributed by atoms with E-state index in [1.54, 1.807) is 19.9 Å². The van der Waals surface area contributed by atoms with E-state index in [4.69, 9.17) is 0 Å². The molecule has 4 nitrogen and oxygen atoms in total. The first-order chi connectivity index (χ1) is 12.4. The van der Waals surface area contributed by atoms with Crippen molar-refractivity contribution in [2.24, 2.45) is 22.7 Å². The van der Waals surface area contributed by atoms with Crippen LogP contribution in [0.2, 0.25) is 0 Å². The molecule has 0 amide bonds. The van der Waals surface area contributed by atoms with Gasteiger partial charge in [-0.1, -0.05) is 25.2 Å². The highest BCUT2D eigenvalue weighted by atomic mass is 19.1. The van der Waals surface area contributed by atoms with Crippen molar-refractivity contribution in [2.45, 2.75) is 63.8 Å². The van der Waals surface area contributed by atoms with Crippen molar-refractivity contribution >= 4 is 11.6 Å². The summed E-state index contributed by atoms with van der Waals surface area (Å²) in [6.07, 6.45) is 4.50. The molecule has 1 unspecified atom stereocenters. The molecule has 0 spiro atoms. The van der Waals surface area contributed by atoms with E-state index < -0.39 is 39.9 Å². The predicted octanol–water partition coefficient (Wildman–Crippen LogP) is 2.84. The van der Waals surface area contributed by atoms with Gasteiger partial charge in [0.1, 0.15) is 5.60 Å². The molecule has 0 aromatic rings. The van der Waals surface area contributed by atoms with Crippen LogP contribution in [0.5, 0.6) is 0 Å². The van der Waals surface area contributed by atoms with Crippen molar-refractivity contribution in [2.75, 3.05) is 0 Å². The smallest absolute Gasteiger partial charge is 0.178 e. The fraction of sp³-hybridized carbons (Fsp3) is 0.636. The second-order valence-corrected chi connectivity index (χ2v) is 9.34. The molecule has 3 fully saturated rings. The molecule has 0 radical (unpaired) electrons. The van der Waals surface area contributed by atoms with Crippen LogP contribution in [0, 0.1) is 22.7 Å². The minimum Gasteiger partial charge on any atom is -0.390 e. The average molecular weight is 374 g/mol. The Kier molecular flexibility index (Phi) is 3.66. The third kappa shape index (κ3) is 1.90. The lowest BCUT2D eigenvalue weighted by Crippen LogP contribution is -2.68. The number of carbonyl (C=O) groups is 2. The molecule has 0 aromatic carbocycles. The van der Waals surface area contributed by atoms with Crippen LogP contribution < -0.4 is 0 Å². The van der Waals surface area contributed by atoms with Gasteiger partial charge in [-0.05, 0) is 63.2 Å². The fourth-order valence-corrected chi connectivity index (χ4v) is 6.82. The molecule has 4 aliphatic carbocycles. The minimum absolute atomic E-state index is 0.0234. The number of alkyl halides is 1. The Balaban J connectivity index is 1.86. The first-order valence-electron chi connectivity index (χ1n) is 9.66. The van der Waals surface area contributed by atoms with Gasteiger partial charge >= 0.3 is 0 Å². The van der Waals surface area contributed by atoms with Crippen LogP contribution in [-0.2, 0) is 9.59 Å². The van der Waals surface area contributed by atoms with E-state index in [2.05, 4.69) is 6.58 Å². The molecule has 4 aliphatic rings. The zero-order valence-electron chi connectivity index (χ0n) is 16.1. The van der Waals surface area contributed by atoms with Crippen molar-refractivity contribution in [1.82, 2.24) is 0 Å². The number of hydrogen-bond acceptors (Lipinski definition) is 4. The molecular formula is C22H27FO4. The molecule has 7 atom stereocenters. The maximum absolute atomic E-state index is 16.8. The minimum atomic E-state index is -1.96. The third-order valence-electron chi connectivity index (χ3n) is 8.35. The molecule has 2 N–H and O–H groups in total. The number of aliphatic hydroxyl groups is 2. The molecule has 5 heteroatoms. The normalized spacial score (nSPS) is 51.3. The molecule has 27 heavy (non-hydrogen) atoms. The van der Waals surface area contributed by atoms with Crippen LogP contribution in [0.1, 0.15) is 46.5 Å². The van der Waals surface area contributed by atoms with Gasteiger partial charge < -0.3 is 10.2 Å². The van der Waals surface area contributed by atoms with Gasteiger partial charge in [0, 0.05) is 16.7 Å². The van der Waals surface area contributed by atoms with Crippen LogP contribution in [-0.4, -0.2) is 39.2 Å². The first-order valence-corrected chi connectivity index (χ1v) is 9.66. The molecular weight excluding hydrogens is 347 g/mol. The van der Waals surface area contributed by atoms with E-state index in [1.807, 2.05) is 0 Å². The van der Waals surface area contributed by atoms with E-state index in [-0.39, 0.29) is 18.1 Å². The summed E-state index contributed by atoms with van der Waals surface area (Å²) >= 11 is 0. The van der Waals surface area contributed by atoms with Gasteiger partial charge in [-0.3, -0.25) is 9.59 Å². The van der Waals surface area contributed by atoms with Crippen LogP contribution in [0.25, 0.3) is 0 Å². The van der Waals surface area contributed by atoms with E-state index in [0.717, 1.165) is 5.57 Å². The van der Waals surface area contributed by atoms with E-state index in [9.17, 15) is 19.8 Å². The quantitative estimate of drug-likeness (QED) is 0.692. The summed E-state index contributed by atoms with van der Waals surface area (Å²) in [6, 6.07) is 0. The lowest BCUT2D eigenvalue weighted by molar-refractivity contribution is -0.214. The standard InChI is InChI=1S/C22H27FO4/c1-12-9-17-16-6-5-14-10-15(25)7-8-19(14,3)21(16,23)18(26)11-20(17,4)22(12,27)13(2)24/h7-8,10,16-18,26-27H,1,5-6,9,11H2,2-4H3/t16-,17-,18?,19-,20-,21-,22-/m0/s1. The van der Waals surface area contributed by atoms with Gasteiger partial charge in [-0.2, -0.15) is 0 Å². The number of ketones is 2. The molecule has 4 rings (SSSR count). The highest BCUT2D eigenvalue weighted by Gasteiger charge is 2.74. The SMILES string of the molecule is C=C1C[C@H]2[C@@H]3CCC4=CC(=O)C=C[C@]4(C)[C@@]3(F)C(O)C[C@]2(C)[C@@]1(O)C(C)=O. The number of aliphatic hydroxyl groups excluding tert-OH is 1. The Morgan fingerprint density at radius 2 is 2.00 bits per heavy atom. The van der Waals surface area contributed by atoms with Crippen molar-refractivity contribution in [3.63, 3.8) is 0 Å². The largest absolute Gasteiger partial charge is 0.390 e. The zero-order chi connectivity index (χ0) is 20.0. The maximum atomic E-state index is 16.8. The summed E-state index contributed by atoms with van der Waals surface area (Å²) in [4.78, 5) is 24.2. The second-order valence-electron chi connectivity index (χ2n) is 9.34. The second kappa shape index (κ2) is 5.26. The Bertz CT molecular complexity index is 828. The van der Waals surface area contributed by atoms with E-state index >= 15 is 4.39 Å². The molecule has 0 aromatic heterocycles. The van der Waals surface area contributed by atoms with Gasteiger partial charge in [0.05, 0.1) is 6.10 Å². The molecule has 0 saturated heterocycles. The number of allylic oxidation sites excluding steroid dienone is 4. The Morgan fingerprint density at radius 3 is 2.63 bits per heavy atom. The van der Waals surface area contributed by atoms with Gasteiger partial charge in [-0.25, -0.2) is 4.39 Å². The highest BCUT2D eigenvalue weighted by molar-refractivity contribution is 6.01. The summed E-state index contributed by atoms with van der Waals surface area (Å²) < 4.78 is 16.8. The topological polar surface area (TPSA) is 74.6 Å². The van der Waals surface area contributed by atoms with Gasteiger partial charge in [0.2, 0.25) is 0 Å². The lowest BCUT2D eigenvalue weighted by atomic mass is 9.44. The lowest BCUT2D eigenvalue weighted by Gasteiger charge is -2.62. The molecule has 0 bridgehead atoms. The van der Waals surface area contributed by atoms with Crippen molar-refractivity contribution in [1.29, 1.82) is 0 Å². The van der Waals surface area contributed by atoms with E-state index in [0.29, 0.717) is 24.8 Å². The maximum Gasteiger partial charge on any atom is 0.178 e. The van der Waals surface area contributed by atoms with Crippen LogP contribution in [0.15, 0.2) is 36.0 Å². The summed E-state index contributed by atoms with van der Waals surface area (Å²) in [7, 11) is 0. The van der Waals surface area contributed by atoms with Crippen molar-refractivity contribution < 1.29 is 24.2 Å². The molecule has 146 valence electrons. The monoisotopic (exact) mass is 374 g/mol. The molecule has 0 heterocycles. The van der Waals surface area contributed by atoms with Gasteiger partial charge in [0.15, 0.2) is 17.2 Å². The Morgan fingerprint density at radius 1 is 1.33 bits per heavy atom. The van der Waals surface area contributed by atoms with Crippen LogP contribution in [0.3, 0.4) is 0 Å². The fourth-order valence-electron chi connectivity index (χ4n) is 6.82. The van der Waals surface area contributed by atoms with Crippen LogP contribution >= 0.6 is 0 Å². The molecule has 0 aliphatic heterocycles. The predicted molar refractivity (Wildman–Crippen MR) is 98.5 cm³/mol. The molecule has 3 saturated carbocycles. The number of hydrogen-bond donors (Lipinski definition) is 2. The highest BCUT2D eigenvalue weighted by Crippen LogP contribution is 2.70. The van der Waals surface area contributed by atoms with Gasteiger partial charge in [0.25, 0.3) is 0 Å². The number of rotatable bonds is 1. The van der Waals surface area contributed by atoms with Crippen molar-refractivity contribution in [3.8, 4) is 0 Å². The van der Waals surface area contributed by atoms with Gasteiger partial charge in [-0.15, -0.1) is 0 Å². The number of halogens is 1. The Labute approximate surface area is 158 Å². The first kappa shape index (κ1) is 18.8. The Hall–Kier alpha value is -1.59. The summed E-state index contributed by atoms with van der Waals surface area (Å²) in [5.41, 5.74) is -4.59. The van der Waals surface area contributed by atoms with Crippen molar-refractivity contribution in [3.05, 3.63) is 36.0 Å². The third-order valence-corrected chi connectivity index (χ3v) is 8.35.